The highest BCUT2D eigenvalue weighted by molar-refractivity contribution is 7.88. The van der Waals surface area contributed by atoms with Crippen LogP contribution in [0.4, 0.5) is 0 Å². The number of benzene rings is 1. The van der Waals surface area contributed by atoms with Crippen molar-refractivity contribution in [3.8, 4) is 0 Å². The summed E-state index contributed by atoms with van der Waals surface area (Å²) in [6.45, 7) is 3.89. The maximum absolute atomic E-state index is 13.0. The Bertz CT molecular complexity index is 1280. The van der Waals surface area contributed by atoms with Crippen molar-refractivity contribution in [2.24, 2.45) is 5.92 Å². The smallest absolute Gasteiger partial charge is 0.262 e. The van der Waals surface area contributed by atoms with Crippen molar-refractivity contribution in [3.63, 3.8) is 0 Å². The normalized spacial score (nSPS) is 17.3. The molecular weight excluding hydrogens is 524 g/mol. The first-order valence-electron chi connectivity index (χ1n) is 12.5. The molecule has 2 aromatic heterocycles. The molecule has 0 bridgehead atoms. The number of aromatic nitrogens is 1. The van der Waals surface area contributed by atoms with E-state index in [1.807, 2.05) is 56.3 Å². The van der Waals surface area contributed by atoms with Crippen LogP contribution < -0.4 is 10.6 Å². The molecule has 3 heterocycles. The lowest BCUT2D eigenvalue weighted by atomic mass is 10.0. The third-order valence-corrected chi connectivity index (χ3v) is 8.32. The Hall–Kier alpha value is -3.15. The van der Waals surface area contributed by atoms with Crippen molar-refractivity contribution in [1.29, 1.82) is 0 Å². The summed E-state index contributed by atoms with van der Waals surface area (Å²) in [5.74, 6) is -0.971. The van der Waals surface area contributed by atoms with Crippen LogP contribution in [-0.4, -0.2) is 66.7 Å². The average Bonchev–Trinajstić information content (AvgIpc) is 3.23. The van der Waals surface area contributed by atoms with Crippen molar-refractivity contribution >= 4 is 49.0 Å². The summed E-state index contributed by atoms with van der Waals surface area (Å²) >= 11 is 1.36. The number of nitrogens with one attached hydrogen (secondary N) is 2. The van der Waals surface area contributed by atoms with Gasteiger partial charge < -0.3 is 10.6 Å². The van der Waals surface area contributed by atoms with Gasteiger partial charge in [0.05, 0.1) is 23.7 Å². The van der Waals surface area contributed by atoms with Crippen LogP contribution in [0.1, 0.15) is 42.8 Å². The first-order valence-corrected chi connectivity index (χ1v) is 15.1. The number of thiophene rings is 1. The molecule has 0 spiro atoms. The van der Waals surface area contributed by atoms with Crippen LogP contribution in [-0.2, 0) is 19.6 Å². The van der Waals surface area contributed by atoms with Gasteiger partial charge in [-0.05, 0) is 54.8 Å². The molecule has 1 aliphatic rings. The molecule has 0 aliphatic carbocycles. The van der Waals surface area contributed by atoms with Gasteiger partial charge in [-0.2, -0.15) is 4.31 Å². The number of rotatable bonds is 7. The molecule has 0 radical (unpaired) electrons. The zero-order valence-corrected chi connectivity index (χ0v) is 23.4. The van der Waals surface area contributed by atoms with Crippen molar-refractivity contribution in [3.05, 3.63) is 65.8 Å². The summed E-state index contributed by atoms with van der Waals surface area (Å²) in [7, 11) is -3.48. The Morgan fingerprint density at radius 1 is 1.13 bits per heavy atom. The molecular formula is C27H34N4O5S2. The van der Waals surface area contributed by atoms with Crippen LogP contribution in [0.25, 0.3) is 10.1 Å². The van der Waals surface area contributed by atoms with Gasteiger partial charge in [0.1, 0.15) is 6.04 Å². The molecule has 2 atom stereocenters. The number of sulfonamides is 1. The monoisotopic (exact) mass is 558 g/mol. The fraction of sp³-hybridized carbons (Fsp3) is 0.407. The second-order valence-corrected chi connectivity index (χ2v) is 12.7. The fourth-order valence-corrected chi connectivity index (χ4v) is 5.83. The number of Topliss-reactive ketones (excluding diaryl/α,β-unsaturated/α-hetero) is 1. The molecule has 2 unspecified atom stereocenters. The van der Waals surface area contributed by atoms with Crippen molar-refractivity contribution < 1.29 is 22.8 Å². The molecule has 38 heavy (non-hydrogen) atoms. The molecule has 2 N–H and O–H groups in total. The second-order valence-electron chi connectivity index (χ2n) is 9.59. The Balaban J connectivity index is 0.000000585. The summed E-state index contributed by atoms with van der Waals surface area (Å²) in [5.41, 5.74) is 0. The predicted octanol–water partition coefficient (Wildman–Crippen LogP) is 3.24. The zero-order valence-electron chi connectivity index (χ0n) is 21.8. The number of carbonyl (C=O) groups excluding carboxylic acids is 3. The maximum atomic E-state index is 13.0. The van der Waals surface area contributed by atoms with Crippen LogP contribution >= 0.6 is 11.3 Å². The van der Waals surface area contributed by atoms with Gasteiger partial charge in [0.2, 0.25) is 15.9 Å². The minimum Gasteiger partial charge on any atom is -0.344 e. The number of hydrogen-bond donors (Lipinski definition) is 2. The van der Waals surface area contributed by atoms with E-state index in [4.69, 9.17) is 0 Å². The molecule has 3 aromatic rings. The lowest BCUT2D eigenvalue weighted by molar-refractivity contribution is -0.129. The van der Waals surface area contributed by atoms with Gasteiger partial charge in [0.15, 0.2) is 5.78 Å². The van der Waals surface area contributed by atoms with Crippen LogP contribution in [0.5, 0.6) is 0 Å². The number of carbonyl (C=O) groups is 3. The lowest BCUT2D eigenvalue weighted by Gasteiger charge is -2.23. The van der Waals surface area contributed by atoms with Gasteiger partial charge in [0, 0.05) is 23.6 Å². The van der Waals surface area contributed by atoms with E-state index < -0.39 is 28.0 Å². The van der Waals surface area contributed by atoms with Crippen LogP contribution in [0, 0.1) is 5.92 Å². The largest absolute Gasteiger partial charge is 0.344 e. The van der Waals surface area contributed by atoms with Crippen LogP contribution in [0.3, 0.4) is 0 Å². The predicted molar refractivity (Wildman–Crippen MR) is 149 cm³/mol. The van der Waals surface area contributed by atoms with E-state index in [1.165, 1.54) is 11.3 Å². The molecule has 1 fully saturated rings. The molecule has 0 saturated carbocycles. The van der Waals surface area contributed by atoms with Gasteiger partial charge in [-0.25, -0.2) is 8.42 Å². The van der Waals surface area contributed by atoms with E-state index in [1.54, 1.807) is 18.5 Å². The van der Waals surface area contributed by atoms with Crippen molar-refractivity contribution in [2.75, 3.05) is 19.3 Å². The summed E-state index contributed by atoms with van der Waals surface area (Å²) in [5, 5.41) is 6.53. The summed E-state index contributed by atoms with van der Waals surface area (Å²) < 4.78 is 25.7. The first kappa shape index (κ1) is 29.4. The number of pyridine rings is 1. The Morgan fingerprint density at radius 2 is 1.84 bits per heavy atom. The quantitative estimate of drug-likeness (QED) is 0.459. The Kier molecular flexibility index (Phi) is 10.5. The first-order chi connectivity index (χ1) is 18.0. The van der Waals surface area contributed by atoms with E-state index in [2.05, 4.69) is 15.6 Å². The maximum Gasteiger partial charge on any atom is 0.262 e. The highest BCUT2D eigenvalue weighted by Crippen LogP contribution is 2.25. The Morgan fingerprint density at radius 3 is 2.42 bits per heavy atom. The number of nitrogens with zero attached hydrogens (tertiary/aromatic N) is 2. The molecule has 11 heteroatoms. The number of fused-ring (bicyclic) bond motifs is 1. The minimum absolute atomic E-state index is 0.138. The van der Waals surface area contributed by atoms with E-state index in [9.17, 15) is 22.8 Å². The molecule has 9 nitrogen and oxygen atoms in total. The minimum atomic E-state index is -3.48. The summed E-state index contributed by atoms with van der Waals surface area (Å²) in [6, 6.07) is 13.6. The van der Waals surface area contributed by atoms with Gasteiger partial charge in [-0.15, -0.1) is 11.3 Å². The van der Waals surface area contributed by atoms with E-state index in [0.29, 0.717) is 24.1 Å². The highest BCUT2D eigenvalue weighted by Gasteiger charge is 2.32. The van der Waals surface area contributed by atoms with E-state index >= 15 is 0 Å². The number of ketones is 1. The Labute approximate surface area is 227 Å². The average molecular weight is 559 g/mol. The molecule has 1 aliphatic heterocycles. The molecule has 1 aromatic carbocycles. The van der Waals surface area contributed by atoms with Gasteiger partial charge in [0.25, 0.3) is 5.91 Å². The van der Waals surface area contributed by atoms with Gasteiger partial charge >= 0.3 is 0 Å². The van der Waals surface area contributed by atoms with Crippen molar-refractivity contribution in [2.45, 2.75) is 45.2 Å². The molecule has 1 saturated heterocycles. The summed E-state index contributed by atoms with van der Waals surface area (Å²) in [6.07, 6.45) is 5.81. The number of amides is 2. The van der Waals surface area contributed by atoms with Gasteiger partial charge in [-0.3, -0.25) is 19.4 Å². The van der Waals surface area contributed by atoms with Crippen molar-refractivity contribution in [1.82, 2.24) is 19.9 Å². The van der Waals surface area contributed by atoms with Crippen LogP contribution in [0.2, 0.25) is 0 Å². The molecule has 204 valence electrons. The second kappa shape index (κ2) is 13.6. The number of hydrogen-bond acceptors (Lipinski definition) is 7. The highest BCUT2D eigenvalue weighted by atomic mass is 32.2. The zero-order chi connectivity index (χ0) is 27.7. The third kappa shape index (κ3) is 8.71. The van der Waals surface area contributed by atoms with E-state index in [-0.39, 0.29) is 30.7 Å². The SMILES string of the molecule is CC(C)CC(NC(=O)c1cc2ccccc2s1)C(=O)NC1CCCN(S(C)(=O)=O)CC1=O.c1ccncc1. The standard InChI is InChI=1S/C22H29N3O5S2.C5H5N/c1-14(2)11-17(24-22(28)20-12-15-7-4-5-9-19(15)31-20)21(27)23-16-8-6-10-25(13-18(16)26)32(3,29)30;1-2-4-6-5-3-1/h4-5,7,9,12,14,16-17H,6,8,10-11,13H2,1-3H3,(H,23,27)(H,24,28);1-5H. The topological polar surface area (TPSA) is 126 Å². The van der Waals surface area contributed by atoms with Gasteiger partial charge in [-0.1, -0.05) is 38.1 Å². The lowest BCUT2D eigenvalue weighted by Crippen LogP contribution is -2.52. The fourth-order valence-electron chi connectivity index (χ4n) is 4.04. The van der Waals surface area contributed by atoms with E-state index in [0.717, 1.165) is 20.6 Å². The summed E-state index contributed by atoms with van der Waals surface area (Å²) in [4.78, 5) is 42.8. The molecule has 2 amide bonds. The third-order valence-electron chi connectivity index (χ3n) is 5.95. The molecule has 4 rings (SSSR count). The van der Waals surface area contributed by atoms with Crippen LogP contribution in [0.15, 0.2) is 60.9 Å².